The van der Waals surface area contributed by atoms with Gasteiger partial charge in [-0.1, -0.05) is 30.3 Å². The quantitative estimate of drug-likeness (QED) is 0.921. The molecule has 0 saturated heterocycles. The molecule has 2 aromatic rings. The summed E-state index contributed by atoms with van der Waals surface area (Å²) in [6, 6.07) is 17.6. The highest BCUT2D eigenvalue weighted by molar-refractivity contribution is 5.95. The van der Waals surface area contributed by atoms with E-state index in [-0.39, 0.29) is 11.8 Å². The lowest BCUT2D eigenvalue weighted by molar-refractivity contribution is -0.117. The minimum absolute atomic E-state index is 0.0867. The van der Waals surface area contributed by atoms with Gasteiger partial charge in [-0.15, -0.1) is 0 Å². The average Bonchev–Trinajstić information content (AvgIpc) is 3.29. The van der Waals surface area contributed by atoms with E-state index < -0.39 is 0 Å². The summed E-state index contributed by atoms with van der Waals surface area (Å²) in [4.78, 5) is 12.1. The summed E-state index contributed by atoms with van der Waals surface area (Å²) in [5, 5.41) is 2.96. The maximum atomic E-state index is 12.1. The van der Waals surface area contributed by atoms with Crippen molar-refractivity contribution in [2.45, 2.75) is 12.3 Å². The maximum absolute atomic E-state index is 12.1. The zero-order valence-electron chi connectivity index (χ0n) is 11.4. The molecule has 0 aliphatic heterocycles. The van der Waals surface area contributed by atoms with Crippen LogP contribution < -0.4 is 10.1 Å². The number of carbonyl (C=O) groups excluding carboxylic acids is 1. The van der Waals surface area contributed by atoms with Gasteiger partial charge >= 0.3 is 0 Å². The lowest BCUT2D eigenvalue weighted by Crippen LogP contribution is -2.14. The Morgan fingerprint density at radius 2 is 1.80 bits per heavy atom. The van der Waals surface area contributed by atoms with Gasteiger partial charge in [-0.3, -0.25) is 4.79 Å². The molecule has 1 aliphatic carbocycles. The highest BCUT2D eigenvalue weighted by Crippen LogP contribution is 2.48. The molecular formula is C17H17NO2. The predicted octanol–water partition coefficient (Wildman–Crippen LogP) is 3.44. The number of ether oxygens (including phenoxy) is 1. The van der Waals surface area contributed by atoms with Crippen LogP contribution in [0.15, 0.2) is 54.6 Å². The van der Waals surface area contributed by atoms with Crippen molar-refractivity contribution in [1.29, 1.82) is 0 Å². The van der Waals surface area contributed by atoms with Crippen LogP contribution in [0.4, 0.5) is 5.69 Å². The second kappa shape index (κ2) is 5.37. The number of rotatable bonds is 4. The summed E-state index contributed by atoms with van der Waals surface area (Å²) in [5.41, 5.74) is 2.07. The summed E-state index contributed by atoms with van der Waals surface area (Å²) in [5.74, 6) is 1.38. The van der Waals surface area contributed by atoms with E-state index in [9.17, 15) is 4.79 Å². The molecule has 20 heavy (non-hydrogen) atoms. The fourth-order valence-electron chi connectivity index (χ4n) is 2.46. The average molecular weight is 267 g/mol. The third kappa shape index (κ3) is 2.67. The van der Waals surface area contributed by atoms with E-state index >= 15 is 0 Å². The Kier molecular flexibility index (Phi) is 3.42. The molecule has 0 bridgehead atoms. The molecule has 0 spiro atoms. The minimum atomic E-state index is 0.0867. The second-order valence-electron chi connectivity index (χ2n) is 5.08. The van der Waals surface area contributed by atoms with Gasteiger partial charge in [0.25, 0.3) is 0 Å². The topological polar surface area (TPSA) is 38.3 Å². The van der Waals surface area contributed by atoms with E-state index in [4.69, 9.17) is 4.74 Å². The van der Waals surface area contributed by atoms with Gasteiger partial charge < -0.3 is 10.1 Å². The first-order valence-electron chi connectivity index (χ1n) is 6.78. The summed E-state index contributed by atoms with van der Waals surface area (Å²) in [7, 11) is 1.66. The molecule has 2 aromatic carbocycles. The van der Waals surface area contributed by atoms with E-state index in [0.29, 0.717) is 5.92 Å². The van der Waals surface area contributed by atoms with E-state index in [0.717, 1.165) is 17.9 Å². The number of nitrogens with one attached hydrogen (secondary N) is 1. The molecule has 1 N–H and O–H groups in total. The summed E-state index contributed by atoms with van der Waals surface area (Å²) in [6.07, 6.45) is 0.922. The minimum Gasteiger partial charge on any atom is -0.497 e. The van der Waals surface area contributed by atoms with Crippen LogP contribution in [0.2, 0.25) is 0 Å². The van der Waals surface area contributed by atoms with Crippen molar-refractivity contribution in [1.82, 2.24) is 0 Å². The lowest BCUT2D eigenvalue weighted by Gasteiger charge is -2.05. The SMILES string of the molecule is COc1ccc(C2CC2C(=O)Nc2ccccc2)cc1. The van der Waals surface area contributed by atoms with Crippen LogP contribution >= 0.6 is 0 Å². The van der Waals surface area contributed by atoms with Crippen LogP contribution in [0.5, 0.6) is 5.75 Å². The van der Waals surface area contributed by atoms with Crippen LogP contribution in [0.25, 0.3) is 0 Å². The number of hydrogen-bond donors (Lipinski definition) is 1. The monoisotopic (exact) mass is 267 g/mol. The molecule has 1 amide bonds. The molecule has 3 nitrogen and oxygen atoms in total. The second-order valence-corrected chi connectivity index (χ2v) is 5.08. The first-order chi connectivity index (χ1) is 9.78. The lowest BCUT2D eigenvalue weighted by atomic mass is 10.1. The number of anilines is 1. The van der Waals surface area contributed by atoms with Crippen molar-refractivity contribution >= 4 is 11.6 Å². The van der Waals surface area contributed by atoms with Crippen molar-refractivity contribution < 1.29 is 9.53 Å². The van der Waals surface area contributed by atoms with Crippen LogP contribution in [0.3, 0.4) is 0 Å². The van der Waals surface area contributed by atoms with Crippen molar-refractivity contribution in [3.8, 4) is 5.75 Å². The van der Waals surface area contributed by atoms with Crippen molar-refractivity contribution in [2.75, 3.05) is 12.4 Å². The summed E-state index contributed by atoms with van der Waals surface area (Å²) >= 11 is 0. The van der Waals surface area contributed by atoms with Crippen LogP contribution in [0, 0.1) is 5.92 Å². The standard InChI is InChI=1S/C17H17NO2/c1-20-14-9-7-12(8-10-14)15-11-16(15)17(19)18-13-5-3-2-4-6-13/h2-10,15-16H,11H2,1H3,(H,18,19). The Hall–Kier alpha value is -2.29. The molecular weight excluding hydrogens is 250 g/mol. The normalized spacial score (nSPS) is 20.2. The largest absolute Gasteiger partial charge is 0.497 e. The van der Waals surface area contributed by atoms with Crippen molar-refractivity contribution in [3.05, 3.63) is 60.2 Å². The van der Waals surface area contributed by atoms with Gasteiger partial charge in [0.2, 0.25) is 5.91 Å². The first kappa shape index (κ1) is 12.7. The van der Waals surface area contributed by atoms with E-state index in [2.05, 4.69) is 5.32 Å². The Balaban J connectivity index is 1.62. The number of methoxy groups -OCH3 is 1. The number of carbonyl (C=O) groups is 1. The molecule has 2 unspecified atom stereocenters. The Morgan fingerprint density at radius 1 is 1.10 bits per heavy atom. The zero-order valence-corrected chi connectivity index (χ0v) is 11.4. The number of hydrogen-bond acceptors (Lipinski definition) is 2. The highest BCUT2D eigenvalue weighted by Gasteiger charge is 2.43. The van der Waals surface area contributed by atoms with Gasteiger partial charge in [-0.25, -0.2) is 0 Å². The molecule has 1 saturated carbocycles. The third-order valence-electron chi connectivity index (χ3n) is 3.71. The van der Waals surface area contributed by atoms with E-state index in [1.807, 2.05) is 54.6 Å². The Labute approximate surface area is 118 Å². The molecule has 1 fully saturated rings. The maximum Gasteiger partial charge on any atom is 0.228 e. The van der Waals surface area contributed by atoms with Crippen LogP contribution in [-0.2, 0) is 4.79 Å². The fraction of sp³-hybridized carbons (Fsp3) is 0.235. The highest BCUT2D eigenvalue weighted by atomic mass is 16.5. The first-order valence-corrected chi connectivity index (χ1v) is 6.78. The molecule has 0 heterocycles. The smallest absolute Gasteiger partial charge is 0.228 e. The number of para-hydroxylation sites is 1. The van der Waals surface area contributed by atoms with Crippen molar-refractivity contribution in [2.24, 2.45) is 5.92 Å². The summed E-state index contributed by atoms with van der Waals surface area (Å²) < 4.78 is 5.14. The van der Waals surface area contributed by atoms with Gasteiger partial charge in [0.05, 0.1) is 7.11 Å². The Bertz CT molecular complexity index is 592. The van der Waals surface area contributed by atoms with Gasteiger partial charge in [0.1, 0.15) is 5.75 Å². The molecule has 1 aliphatic rings. The van der Waals surface area contributed by atoms with Crippen LogP contribution in [0.1, 0.15) is 17.9 Å². The van der Waals surface area contributed by atoms with E-state index in [1.165, 1.54) is 5.56 Å². The van der Waals surface area contributed by atoms with Gasteiger partial charge in [0.15, 0.2) is 0 Å². The van der Waals surface area contributed by atoms with Gasteiger partial charge in [-0.05, 0) is 42.2 Å². The molecule has 2 atom stereocenters. The summed E-state index contributed by atoms with van der Waals surface area (Å²) in [6.45, 7) is 0. The molecule has 3 heteroatoms. The molecule has 3 rings (SSSR count). The van der Waals surface area contributed by atoms with Gasteiger partial charge in [0, 0.05) is 11.6 Å². The number of benzene rings is 2. The molecule has 0 aromatic heterocycles. The van der Waals surface area contributed by atoms with Gasteiger partial charge in [-0.2, -0.15) is 0 Å². The van der Waals surface area contributed by atoms with E-state index in [1.54, 1.807) is 7.11 Å². The number of amides is 1. The van der Waals surface area contributed by atoms with Crippen LogP contribution in [-0.4, -0.2) is 13.0 Å². The molecule has 0 radical (unpaired) electrons. The fourth-order valence-corrected chi connectivity index (χ4v) is 2.46. The van der Waals surface area contributed by atoms with Crippen molar-refractivity contribution in [3.63, 3.8) is 0 Å². The zero-order chi connectivity index (χ0) is 13.9. The molecule has 102 valence electrons. The Morgan fingerprint density at radius 3 is 2.45 bits per heavy atom. The predicted molar refractivity (Wildman–Crippen MR) is 78.9 cm³/mol. The third-order valence-corrected chi connectivity index (χ3v) is 3.71.